The molecule has 0 saturated carbocycles. The van der Waals surface area contributed by atoms with E-state index in [1.165, 1.54) is 24.8 Å². The van der Waals surface area contributed by atoms with Crippen molar-refractivity contribution in [1.82, 2.24) is 29.8 Å². The van der Waals surface area contributed by atoms with Crippen LogP contribution in [0.3, 0.4) is 0 Å². The van der Waals surface area contributed by atoms with E-state index in [2.05, 4.69) is 29.8 Å². The van der Waals surface area contributed by atoms with Gasteiger partial charge >= 0.3 is 0 Å². The first-order chi connectivity index (χ1) is 10.5. The first kappa shape index (κ1) is 14.2. The molecule has 0 aliphatic rings. The molecule has 3 rings (SSSR count). The zero-order valence-corrected chi connectivity index (χ0v) is 11.8. The van der Waals surface area contributed by atoms with E-state index < -0.39 is 10.0 Å². The van der Waals surface area contributed by atoms with Crippen molar-refractivity contribution in [1.29, 1.82) is 0 Å². The van der Waals surface area contributed by atoms with Crippen molar-refractivity contribution in [3.63, 3.8) is 0 Å². The lowest BCUT2D eigenvalue weighted by atomic mass is 10.2. The molecule has 0 radical (unpaired) electrons. The molecule has 10 nitrogen and oxygen atoms in total. The number of sulfonamides is 1. The average Bonchev–Trinajstić information content (AvgIpc) is 3.17. The third-order valence-electron chi connectivity index (χ3n) is 2.68. The second kappa shape index (κ2) is 5.54. The van der Waals surface area contributed by atoms with Gasteiger partial charge in [-0.1, -0.05) is 5.16 Å². The van der Waals surface area contributed by atoms with E-state index >= 15 is 0 Å². The van der Waals surface area contributed by atoms with Crippen LogP contribution in [0.2, 0.25) is 0 Å². The van der Waals surface area contributed by atoms with Gasteiger partial charge in [0.1, 0.15) is 0 Å². The smallest absolute Gasteiger partial charge is 0.258 e. The fourth-order valence-corrected chi connectivity index (χ4v) is 2.53. The molecule has 3 heterocycles. The summed E-state index contributed by atoms with van der Waals surface area (Å²) in [5, 5.41) is 3.63. The molecular weight excluding hydrogens is 312 g/mol. The fourth-order valence-electron chi connectivity index (χ4n) is 1.65. The van der Waals surface area contributed by atoms with Crippen LogP contribution < -0.4 is 10.3 Å². The van der Waals surface area contributed by atoms with Gasteiger partial charge in [0.2, 0.25) is 17.3 Å². The lowest BCUT2D eigenvalue weighted by Gasteiger charge is -2.00. The Kier molecular flexibility index (Phi) is 3.56. The fraction of sp³-hybridized carbons (Fsp3) is 0.0909. The van der Waals surface area contributed by atoms with E-state index in [1.807, 2.05) is 0 Å². The first-order valence-electron chi connectivity index (χ1n) is 6.04. The average molecular weight is 322 g/mol. The van der Waals surface area contributed by atoms with Gasteiger partial charge in [-0.15, -0.1) is 0 Å². The van der Waals surface area contributed by atoms with Crippen molar-refractivity contribution in [3.05, 3.63) is 47.1 Å². The highest BCUT2D eigenvalue weighted by atomic mass is 32.2. The molecule has 0 bridgehead atoms. The molecule has 3 aromatic heterocycles. The predicted molar refractivity (Wildman–Crippen MR) is 73.0 cm³/mol. The Balaban J connectivity index is 1.74. The highest BCUT2D eigenvalue weighted by Gasteiger charge is 2.17. The number of nitrogens with one attached hydrogen (secondary N) is 3. The van der Waals surface area contributed by atoms with Gasteiger partial charge < -0.3 is 14.5 Å². The Hall–Kier alpha value is -2.79. The van der Waals surface area contributed by atoms with E-state index in [0.29, 0.717) is 5.56 Å². The number of imidazole rings is 1. The van der Waals surface area contributed by atoms with Crippen molar-refractivity contribution in [2.24, 2.45) is 0 Å². The molecule has 0 aliphatic carbocycles. The summed E-state index contributed by atoms with van der Waals surface area (Å²) in [5.41, 5.74) is 0.166. The zero-order valence-electron chi connectivity index (χ0n) is 11.0. The topological polar surface area (TPSA) is 147 Å². The summed E-state index contributed by atoms with van der Waals surface area (Å²) in [5.74, 6) is 0.264. The zero-order chi connectivity index (χ0) is 15.6. The summed E-state index contributed by atoms with van der Waals surface area (Å²) in [6.45, 7) is -0.183. The highest BCUT2D eigenvalue weighted by molar-refractivity contribution is 7.89. The minimum atomic E-state index is -3.73. The van der Waals surface area contributed by atoms with Gasteiger partial charge in [0.15, 0.2) is 5.03 Å². The number of rotatable bonds is 5. The van der Waals surface area contributed by atoms with E-state index in [1.54, 1.807) is 6.07 Å². The number of hydrogen-bond donors (Lipinski definition) is 3. The van der Waals surface area contributed by atoms with Crippen LogP contribution in [-0.2, 0) is 16.6 Å². The molecule has 0 atom stereocenters. The van der Waals surface area contributed by atoms with Crippen LogP contribution in [0.4, 0.5) is 0 Å². The predicted octanol–water partition coefficient (Wildman–Crippen LogP) is -0.374. The van der Waals surface area contributed by atoms with Crippen LogP contribution in [0.25, 0.3) is 11.4 Å². The van der Waals surface area contributed by atoms with Crippen LogP contribution in [0.5, 0.6) is 0 Å². The molecular formula is C11H10N6O4S. The monoisotopic (exact) mass is 322 g/mol. The van der Waals surface area contributed by atoms with Gasteiger partial charge in [-0.2, -0.15) is 4.98 Å². The van der Waals surface area contributed by atoms with Gasteiger partial charge in [-0.05, 0) is 6.07 Å². The summed E-state index contributed by atoms with van der Waals surface area (Å²) >= 11 is 0. The van der Waals surface area contributed by atoms with Crippen LogP contribution in [0.1, 0.15) is 5.89 Å². The molecule has 0 fully saturated rings. The van der Waals surface area contributed by atoms with Crippen LogP contribution in [0.15, 0.2) is 45.2 Å². The second-order valence-corrected chi connectivity index (χ2v) is 5.93. The Bertz CT molecular complexity index is 927. The molecule has 22 heavy (non-hydrogen) atoms. The maximum absolute atomic E-state index is 11.9. The summed E-state index contributed by atoms with van der Waals surface area (Å²) < 4.78 is 31.0. The lowest BCUT2D eigenvalue weighted by Crippen LogP contribution is -2.23. The van der Waals surface area contributed by atoms with Crippen molar-refractivity contribution in [2.45, 2.75) is 11.6 Å². The maximum atomic E-state index is 11.9. The molecule has 11 heteroatoms. The van der Waals surface area contributed by atoms with Gasteiger partial charge in [-0.3, -0.25) is 4.79 Å². The highest BCUT2D eigenvalue weighted by Crippen LogP contribution is 2.13. The molecule has 0 amide bonds. The number of aromatic amines is 2. The van der Waals surface area contributed by atoms with Crippen LogP contribution >= 0.6 is 0 Å². The normalized spacial score (nSPS) is 11.6. The number of H-pyrrole nitrogens is 2. The molecule has 0 unspecified atom stereocenters. The molecule has 0 aliphatic heterocycles. The summed E-state index contributed by atoms with van der Waals surface area (Å²) in [4.78, 5) is 23.8. The van der Waals surface area contributed by atoms with Gasteiger partial charge in [0, 0.05) is 17.8 Å². The Morgan fingerprint density at radius 2 is 2.18 bits per heavy atom. The van der Waals surface area contributed by atoms with Crippen molar-refractivity contribution in [3.8, 4) is 11.4 Å². The number of hydrogen-bond acceptors (Lipinski definition) is 7. The summed E-state index contributed by atoms with van der Waals surface area (Å²) in [6, 6.07) is 2.91. The minimum absolute atomic E-state index is 0.0677. The first-order valence-corrected chi connectivity index (χ1v) is 7.53. The summed E-state index contributed by atoms with van der Waals surface area (Å²) in [6.07, 6.45) is 3.89. The number of nitrogens with zero attached hydrogens (tertiary/aromatic N) is 3. The Morgan fingerprint density at radius 1 is 1.32 bits per heavy atom. The van der Waals surface area contributed by atoms with E-state index in [4.69, 9.17) is 4.52 Å². The number of pyridine rings is 1. The van der Waals surface area contributed by atoms with Crippen LogP contribution in [0, 0.1) is 0 Å². The molecule has 3 aromatic rings. The largest absolute Gasteiger partial charge is 0.338 e. The van der Waals surface area contributed by atoms with Gasteiger partial charge in [0.25, 0.3) is 10.0 Å². The van der Waals surface area contributed by atoms with Crippen molar-refractivity contribution in [2.75, 3.05) is 0 Å². The molecule has 0 saturated heterocycles. The lowest BCUT2D eigenvalue weighted by molar-refractivity contribution is 0.376. The number of aromatic nitrogens is 5. The third-order valence-corrected chi connectivity index (χ3v) is 4.00. The summed E-state index contributed by atoms with van der Waals surface area (Å²) in [7, 11) is -3.73. The SMILES string of the molecule is O=c1cc(-c2noc(CNS(=O)(=O)c3cnc[nH]3)n2)cc[nH]1. The third kappa shape index (κ3) is 2.94. The molecule has 0 aromatic carbocycles. The van der Waals surface area contributed by atoms with Gasteiger partial charge in [0.05, 0.1) is 19.1 Å². The molecule has 3 N–H and O–H groups in total. The quantitative estimate of drug-likeness (QED) is 0.580. The molecule has 114 valence electrons. The van der Waals surface area contributed by atoms with Crippen molar-refractivity contribution < 1.29 is 12.9 Å². The van der Waals surface area contributed by atoms with Crippen molar-refractivity contribution >= 4 is 10.0 Å². The maximum Gasteiger partial charge on any atom is 0.258 e. The van der Waals surface area contributed by atoms with E-state index in [9.17, 15) is 13.2 Å². The Labute approximate surface area is 123 Å². The van der Waals surface area contributed by atoms with E-state index in [0.717, 1.165) is 0 Å². The molecule has 0 spiro atoms. The standard InChI is InChI=1S/C11H10N6O4S/c18-8-3-7(1-2-13-8)11-16-9(21-17-11)4-15-22(19,20)10-5-12-6-14-10/h1-3,5-6,15H,4H2,(H,12,14)(H,13,18). The van der Waals surface area contributed by atoms with Crippen LogP contribution in [-0.4, -0.2) is 33.5 Å². The van der Waals surface area contributed by atoms with E-state index in [-0.39, 0.29) is 28.8 Å². The van der Waals surface area contributed by atoms with Gasteiger partial charge in [-0.25, -0.2) is 18.1 Å². The second-order valence-electron chi connectivity index (χ2n) is 4.19. The Morgan fingerprint density at radius 3 is 2.91 bits per heavy atom. The minimum Gasteiger partial charge on any atom is -0.338 e.